The Labute approximate surface area is 157 Å². The van der Waals surface area contributed by atoms with E-state index in [1.54, 1.807) is 4.90 Å². The van der Waals surface area contributed by atoms with Crippen LogP contribution < -0.4 is 5.32 Å². The number of hydrogen-bond donors (Lipinski definition) is 1. The molecule has 1 aliphatic heterocycles. The third kappa shape index (κ3) is 6.36. The van der Waals surface area contributed by atoms with E-state index >= 15 is 0 Å². The molecule has 0 aliphatic carbocycles. The van der Waals surface area contributed by atoms with Crippen molar-refractivity contribution in [1.29, 1.82) is 0 Å². The van der Waals surface area contributed by atoms with E-state index in [4.69, 9.17) is 4.74 Å². The van der Waals surface area contributed by atoms with E-state index in [1.807, 2.05) is 32.9 Å². The monoisotopic (exact) mass is 360 g/mol. The zero-order valence-electron chi connectivity index (χ0n) is 16.7. The van der Waals surface area contributed by atoms with Gasteiger partial charge in [-0.1, -0.05) is 38.1 Å². The lowest BCUT2D eigenvalue weighted by molar-refractivity contribution is -0.121. The molecule has 1 N–H and O–H groups in total. The number of nitrogens with one attached hydrogen (secondary N) is 1. The average molecular weight is 360 g/mol. The van der Waals surface area contributed by atoms with E-state index in [9.17, 15) is 9.59 Å². The minimum absolute atomic E-state index is 0.0398. The van der Waals surface area contributed by atoms with Crippen LogP contribution in [0.2, 0.25) is 0 Å². The normalized spacial score (nSPS) is 15.8. The van der Waals surface area contributed by atoms with Crippen LogP contribution in [0, 0.1) is 0 Å². The van der Waals surface area contributed by atoms with E-state index in [0.29, 0.717) is 25.4 Å². The molecule has 1 aromatic rings. The van der Waals surface area contributed by atoms with Gasteiger partial charge in [0.2, 0.25) is 5.91 Å². The highest BCUT2D eigenvalue weighted by Crippen LogP contribution is 2.17. The van der Waals surface area contributed by atoms with Crippen molar-refractivity contribution in [2.45, 2.75) is 71.4 Å². The molecule has 1 saturated heterocycles. The van der Waals surface area contributed by atoms with Crippen molar-refractivity contribution in [1.82, 2.24) is 10.2 Å². The number of likely N-dealkylation sites (tertiary alicyclic amines) is 1. The standard InChI is InChI=1S/C21H32N2O3/c1-15(2)17-8-6-16(7-9-17)14-19(24)22-18-10-12-23(13-11-18)20(25)26-21(3,4)5/h6-9,15,18H,10-14H2,1-5H3,(H,22,24). The number of ether oxygens (including phenoxy) is 1. The summed E-state index contributed by atoms with van der Waals surface area (Å²) in [6, 6.07) is 8.36. The second-order valence-corrected chi connectivity index (χ2v) is 8.38. The Morgan fingerprint density at radius 2 is 1.73 bits per heavy atom. The van der Waals surface area contributed by atoms with Gasteiger partial charge in [-0.2, -0.15) is 0 Å². The zero-order chi connectivity index (χ0) is 19.3. The van der Waals surface area contributed by atoms with Gasteiger partial charge in [-0.25, -0.2) is 4.79 Å². The number of carbonyl (C=O) groups excluding carboxylic acids is 2. The molecule has 0 saturated carbocycles. The van der Waals surface area contributed by atoms with Gasteiger partial charge in [0.05, 0.1) is 6.42 Å². The van der Waals surface area contributed by atoms with Gasteiger partial charge in [0, 0.05) is 19.1 Å². The first kappa shape index (κ1) is 20.3. The maximum absolute atomic E-state index is 12.3. The van der Waals surface area contributed by atoms with Gasteiger partial charge in [-0.05, 0) is 50.7 Å². The number of benzene rings is 1. The van der Waals surface area contributed by atoms with Crippen molar-refractivity contribution in [3.8, 4) is 0 Å². The number of nitrogens with zero attached hydrogens (tertiary/aromatic N) is 1. The smallest absolute Gasteiger partial charge is 0.410 e. The first-order valence-corrected chi connectivity index (χ1v) is 9.50. The summed E-state index contributed by atoms with van der Waals surface area (Å²) in [6.45, 7) is 11.1. The first-order valence-electron chi connectivity index (χ1n) is 9.50. The third-order valence-electron chi connectivity index (χ3n) is 4.52. The van der Waals surface area contributed by atoms with Crippen LogP contribution in [-0.2, 0) is 16.0 Å². The number of amides is 2. The molecule has 1 aliphatic rings. The maximum atomic E-state index is 12.3. The molecule has 0 unspecified atom stereocenters. The van der Waals surface area contributed by atoms with Crippen LogP contribution in [0.5, 0.6) is 0 Å². The quantitative estimate of drug-likeness (QED) is 0.887. The molecule has 0 bridgehead atoms. The highest BCUT2D eigenvalue weighted by atomic mass is 16.6. The summed E-state index contributed by atoms with van der Waals surface area (Å²) in [6.07, 6.45) is 1.65. The molecule has 0 atom stereocenters. The Bertz CT molecular complexity index is 609. The molecule has 1 heterocycles. The minimum Gasteiger partial charge on any atom is -0.444 e. The van der Waals surface area contributed by atoms with Gasteiger partial charge in [-0.3, -0.25) is 4.79 Å². The minimum atomic E-state index is -0.479. The fourth-order valence-corrected chi connectivity index (χ4v) is 3.02. The number of piperidine rings is 1. The summed E-state index contributed by atoms with van der Waals surface area (Å²) in [5.74, 6) is 0.533. The molecule has 26 heavy (non-hydrogen) atoms. The molecule has 144 valence electrons. The maximum Gasteiger partial charge on any atom is 0.410 e. The molecule has 2 rings (SSSR count). The Kier molecular flexibility index (Phi) is 6.68. The average Bonchev–Trinajstić information content (AvgIpc) is 2.54. The molecule has 0 spiro atoms. The van der Waals surface area contributed by atoms with Crippen LogP contribution >= 0.6 is 0 Å². The predicted molar refractivity (Wildman–Crippen MR) is 103 cm³/mol. The zero-order valence-corrected chi connectivity index (χ0v) is 16.7. The second kappa shape index (κ2) is 8.56. The number of hydrogen-bond acceptors (Lipinski definition) is 3. The van der Waals surface area contributed by atoms with Crippen LogP contribution in [-0.4, -0.2) is 41.6 Å². The van der Waals surface area contributed by atoms with Crippen molar-refractivity contribution in [2.75, 3.05) is 13.1 Å². The van der Waals surface area contributed by atoms with Gasteiger partial charge < -0.3 is 15.0 Å². The molecule has 0 aromatic heterocycles. The molecule has 1 fully saturated rings. The first-order chi connectivity index (χ1) is 12.1. The van der Waals surface area contributed by atoms with Gasteiger partial charge in [0.1, 0.15) is 5.60 Å². The summed E-state index contributed by atoms with van der Waals surface area (Å²) in [4.78, 5) is 26.1. The summed E-state index contributed by atoms with van der Waals surface area (Å²) >= 11 is 0. The van der Waals surface area contributed by atoms with Crippen LogP contribution in [0.4, 0.5) is 4.79 Å². The molecule has 5 heteroatoms. The topological polar surface area (TPSA) is 58.6 Å². The van der Waals surface area contributed by atoms with Gasteiger partial charge in [0.15, 0.2) is 0 Å². The van der Waals surface area contributed by atoms with Gasteiger partial charge in [-0.15, -0.1) is 0 Å². The van der Waals surface area contributed by atoms with Crippen molar-refractivity contribution >= 4 is 12.0 Å². The second-order valence-electron chi connectivity index (χ2n) is 8.38. The highest BCUT2D eigenvalue weighted by Gasteiger charge is 2.27. The van der Waals surface area contributed by atoms with E-state index in [0.717, 1.165) is 18.4 Å². The third-order valence-corrected chi connectivity index (χ3v) is 4.52. The van der Waals surface area contributed by atoms with E-state index in [1.165, 1.54) is 5.56 Å². The van der Waals surface area contributed by atoms with Crippen LogP contribution in [0.25, 0.3) is 0 Å². The number of carbonyl (C=O) groups is 2. The Balaban J connectivity index is 1.76. The lowest BCUT2D eigenvalue weighted by Crippen LogP contribution is -2.48. The van der Waals surface area contributed by atoms with E-state index in [2.05, 4.69) is 31.3 Å². The van der Waals surface area contributed by atoms with Crippen molar-refractivity contribution in [2.24, 2.45) is 0 Å². The van der Waals surface area contributed by atoms with Crippen LogP contribution in [0.15, 0.2) is 24.3 Å². The Morgan fingerprint density at radius 3 is 2.23 bits per heavy atom. The number of rotatable bonds is 4. The van der Waals surface area contributed by atoms with Gasteiger partial charge in [0.25, 0.3) is 0 Å². The summed E-state index contributed by atoms with van der Waals surface area (Å²) in [7, 11) is 0. The van der Waals surface area contributed by atoms with Crippen LogP contribution in [0.1, 0.15) is 64.5 Å². The Hall–Kier alpha value is -2.04. The lowest BCUT2D eigenvalue weighted by atomic mass is 10.0. The predicted octanol–water partition coefficient (Wildman–Crippen LogP) is 3.87. The molecule has 5 nitrogen and oxygen atoms in total. The van der Waals surface area contributed by atoms with Crippen molar-refractivity contribution in [3.63, 3.8) is 0 Å². The van der Waals surface area contributed by atoms with Crippen LogP contribution in [0.3, 0.4) is 0 Å². The fourth-order valence-electron chi connectivity index (χ4n) is 3.02. The lowest BCUT2D eigenvalue weighted by Gasteiger charge is -2.33. The molecule has 1 aromatic carbocycles. The summed E-state index contributed by atoms with van der Waals surface area (Å²) in [5.41, 5.74) is 1.83. The Morgan fingerprint density at radius 1 is 1.15 bits per heavy atom. The van der Waals surface area contributed by atoms with Crippen molar-refractivity contribution in [3.05, 3.63) is 35.4 Å². The highest BCUT2D eigenvalue weighted by molar-refractivity contribution is 5.79. The molecular formula is C21H32N2O3. The van der Waals surface area contributed by atoms with Gasteiger partial charge >= 0.3 is 6.09 Å². The summed E-state index contributed by atoms with van der Waals surface area (Å²) in [5, 5.41) is 3.09. The summed E-state index contributed by atoms with van der Waals surface area (Å²) < 4.78 is 5.40. The fraction of sp³-hybridized carbons (Fsp3) is 0.619. The SMILES string of the molecule is CC(C)c1ccc(CC(=O)NC2CCN(C(=O)OC(C)(C)C)CC2)cc1. The van der Waals surface area contributed by atoms with Crippen molar-refractivity contribution < 1.29 is 14.3 Å². The molecular weight excluding hydrogens is 328 g/mol. The van der Waals surface area contributed by atoms with E-state index in [-0.39, 0.29) is 18.0 Å². The molecule has 2 amide bonds. The largest absolute Gasteiger partial charge is 0.444 e. The molecule has 0 radical (unpaired) electrons. The van der Waals surface area contributed by atoms with E-state index < -0.39 is 5.60 Å².